The highest BCUT2D eigenvalue weighted by molar-refractivity contribution is 5.87. The third-order valence-corrected chi connectivity index (χ3v) is 4.89. The minimum Gasteiger partial charge on any atom is -0.393 e. The van der Waals surface area contributed by atoms with E-state index in [0.29, 0.717) is 12.3 Å². The molecule has 0 radical (unpaired) electrons. The fraction of sp³-hybridized carbons (Fsp3) is 0.810. The highest BCUT2D eigenvalue weighted by Crippen LogP contribution is 2.27. The van der Waals surface area contributed by atoms with Gasteiger partial charge in [0.25, 0.3) is 0 Å². The Labute approximate surface area is 148 Å². The number of allylic oxidation sites excluding steroid dienone is 1. The molecule has 0 saturated carbocycles. The van der Waals surface area contributed by atoms with Crippen LogP contribution >= 0.6 is 0 Å². The number of carbonyl (C=O) groups excluding carboxylic acids is 2. The maximum absolute atomic E-state index is 12.1. The predicted molar refractivity (Wildman–Crippen MR) is 98.6 cm³/mol. The Bertz CT molecular complexity index is 387. The van der Waals surface area contributed by atoms with E-state index in [0.717, 1.165) is 32.1 Å². The lowest BCUT2D eigenvalue weighted by atomic mass is 9.85. The molecule has 0 aromatic carbocycles. The molecule has 1 rings (SSSR count). The van der Waals surface area contributed by atoms with Crippen LogP contribution in [0.1, 0.15) is 97.3 Å². The van der Waals surface area contributed by atoms with E-state index in [1.807, 2.05) is 6.08 Å². The molecule has 0 amide bonds. The molecular weight excluding hydrogens is 300 g/mol. The summed E-state index contributed by atoms with van der Waals surface area (Å²) in [5, 5.41) is 0. The van der Waals surface area contributed by atoms with Gasteiger partial charge in [-0.05, 0) is 31.6 Å². The number of unbranched alkanes of at least 4 members (excludes halogenated alkanes) is 7. The molecule has 2 unspecified atom stereocenters. The zero-order valence-corrected chi connectivity index (χ0v) is 15.7. The van der Waals surface area contributed by atoms with Gasteiger partial charge in [-0.2, -0.15) is 0 Å². The molecule has 24 heavy (non-hydrogen) atoms. The van der Waals surface area contributed by atoms with E-state index in [4.69, 9.17) is 4.74 Å². The normalized spacial score (nSPS) is 20.1. The van der Waals surface area contributed by atoms with E-state index in [9.17, 15) is 9.59 Å². The molecule has 1 aliphatic carbocycles. The molecule has 0 fully saturated rings. The van der Waals surface area contributed by atoms with Gasteiger partial charge in [-0.25, -0.2) is 0 Å². The summed E-state index contributed by atoms with van der Waals surface area (Å²) in [7, 11) is 0. The minimum atomic E-state index is -0.355. The zero-order chi connectivity index (χ0) is 17.6. The summed E-state index contributed by atoms with van der Waals surface area (Å²) in [6.07, 6.45) is 18.1. The molecule has 0 N–H and O–H groups in total. The standard InChI is InChI=1S/C21H36O3/c1-3-5-7-9-11-13-20(22)24-21(23)19-16-14-18(15-17-19)12-10-8-6-4-2/h14,16,18-19H,3-13,15,17H2,1-2H3. The monoisotopic (exact) mass is 336 g/mol. The molecule has 3 heteroatoms. The Morgan fingerprint density at radius 1 is 0.875 bits per heavy atom. The van der Waals surface area contributed by atoms with Gasteiger partial charge >= 0.3 is 11.9 Å². The summed E-state index contributed by atoms with van der Waals surface area (Å²) < 4.78 is 5.02. The van der Waals surface area contributed by atoms with Crippen LogP contribution in [0.3, 0.4) is 0 Å². The topological polar surface area (TPSA) is 43.4 Å². The van der Waals surface area contributed by atoms with Gasteiger partial charge in [0, 0.05) is 6.42 Å². The molecule has 0 spiro atoms. The van der Waals surface area contributed by atoms with Crippen molar-refractivity contribution >= 4 is 11.9 Å². The number of hydrogen-bond acceptors (Lipinski definition) is 3. The van der Waals surface area contributed by atoms with Crippen molar-refractivity contribution in [2.75, 3.05) is 0 Å². The third-order valence-electron chi connectivity index (χ3n) is 4.89. The van der Waals surface area contributed by atoms with Gasteiger partial charge in [0.05, 0.1) is 5.92 Å². The van der Waals surface area contributed by atoms with Gasteiger partial charge in [-0.15, -0.1) is 0 Å². The van der Waals surface area contributed by atoms with Crippen LogP contribution in [-0.4, -0.2) is 11.9 Å². The fourth-order valence-electron chi connectivity index (χ4n) is 3.26. The number of rotatable bonds is 12. The van der Waals surface area contributed by atoms with Crippen molar-refractivity contribution in [1.82, 2.24) is 0 Å². The summed E-state index contributed by atoms with van der Waals surface area (Å²) >= 11 is 0. The van der Waals surface area contributed by atoms with Crippen molar-refractivity contribution in [2.24, 2.45) is 11.8 Å². The molecule has 0 aliphatic heterocycles. The number of esters is 2. The first-order valence-electron chi connectivity index (χ1n) is 10.1. The largest absolute Gasteiger partial charge is 0.393 e. The van der Waals surface area contributed by atoms with Crippen molar-refractivity contribution in [3.63, 3.8) is 0 Å². The Kier molecular flexibility index (Phi) is 11.5. The van der Waals surface area contributed by atoms with Crippen LogP contribution in [0.15, 0.2) is 12.2 Å². The second kappa shape index (κ2) is 13.2. The van der Waals surface area contributed by atoms with Crippen molar-refractivity contribution in [2.45, 2.75) is 97.3 Å². The lowest BCUT2D eigenvalue weighted by Crippen LogP contribution is -2.22. The molecule has 0 heterocycles. The van der Waals surface area contributed by atoms with Crippen LogP contribution in [0.2, 0.25) is 0 Å². The Morgan fingerprint density at radius 3 is 2.17 bits per heavy atom. The van der Waals surface area contributed by atoms with Gasteiger partial charge in [0.1, 0.15) is 0 Å². The Balaban J connectivity index is 2.18. The van der Waals surface area contributed by atoms with Crippen molar-refractivity contribution in [1.29, 1.82) is 0 Å². The van der Waals surface area contributed by atoms with Gasteiger partial charge in [0.2, 0.25) is 0 Å². The average Bonchev–Trinajstić information content (AvgIpc) is 2.59. The van der Waals surface area contributed by atoms with E-state index in [-0.39, 0.29) is 17.9 Å². The lowest BCUT2D eigenvalue weighted by molar-refractivity contribution is -0.161. The molecule has 3 nitrogen and oxygen atoms in total. The number of hydrogen-bond donors (Lipinski definition) is 0. The first kappa shape index (κ1) is 20.9. The van der Waals surface area contributed by atoms with Gasteiger partial charge in [-0.1, -0.05) is 77.4 Å². The predicted octanol–water partition coefficient (Wildman–Crippen LogP) is 5.97. The number of carbonyl (C=O) groups is 2. The lowest BCUT2D eigenvalue weighted by Gasteiger charge is -2.21. The summed E-state index contributed by atoms with van der Waals surface area (Å²) in [4.78, 5) is 23.8. The molecule has 1 aliphatic rings. The summed E-state index contributed by atoms with van der Waals surface area (Å²) in [6, 6.07) is 0. The Hall–Kier alpha value is -1.12. The smallest absolute Gasteiger partial charge is 0.320 e. The summed E-state index contributed by atoms with van der Waals surface area (Å²) in [5.74, 6) is -0.332. The fourth-order valence-corrected chi connectivity index (χ4v) is 3.26. The second-order valence-corrected chi connectivity index (χ2v) is 7.14. The van der Waals surface area contributed by atoms with E-state index in [2.05, 4.69) is 19.9 Å². The highest BCUT2D eigenvalue weighted by atomic mass is 16.6. The minimum absolute atomic E-state index is 0.221. The quantitative estimate of drug-likeness (QED) is 0.191. The van der Waals surface area contributed by atoms with Crippen LogP contribution in [0.4, 0.5) is 0 Å². The zero-order valence-electron chi connectivity index (χ0n) is 15.7. The van der Waals surface area contributed by atoms with Crippen LogP contribution in [0.5, 0.6) is 0 Å². The number of ether oxygens (including phenoxy) is 1. The molecule has 0 bridgehead atoms. The van der Waals surface area contributed by atoms with Crippen LogP contribution < -0.4 is 0 Å². The molecule has 2 atom stereocenters. The van der Waals surface area contributed by atoms with Crippen molar-refractivity contribution in [3.8, 4) is 0 Å². The first-order chi connectivity index (χ1) is 11.7. The second-order valence-electron chi connectivity index (χ2n) is 7.14. The molecular formula is C21H36O3. The first-order valence-corrected chi connectivity index (χ1v) is 10.1. The molecule has 0 aromatic heterocycles. The van der Waals surface area contributed by atoms with Crippen LogP contribution in [-0.2, 0) is 14.3 Å². The van der Waals surface area contributed by atoms with E-state index in [1.165, 1.54) is 44.9 Å². The highest BCUT2D eigenvalue weighted by Gasteiger charge is 2.24. The molecule has 0 aromatic rings. The SMILES string of the molecule is CCCCCCCC(=O)OC(=O)C1C=CC(CCCCCC)CC1. The van der Waals surface area contributed by atoms with Crippen LogP contribution in [0.25, 0.3) is 0 Å². The van der Waals surface area contributed by atoms with E-state index in [1.54, 1.807) is 0 Å². The molecule has 138 valence electrons. The van der Waals surface area contributed by atoms with Crippen LogP contribution in [0, 0.1) is 11.8 Å². The summed E-state index contributed by atoms with van der Waals surface area (Å²) in [6.45, 7) is 4.39. The average molecular weight is 337 g/mol. The summed E-state index contributed by atoms with van der Waals surface area (Å²) in [5.41, 5.74) is 0. The van der Waals surface area contributed by atoms with E-state index < -0.39 is 0 Å². The third kappa shape index (κ3) is 9.24. The molecule has 0 saturated heterocycles. The maximum Gasteiger partial charge on any atom is 0.320 e. The maximum atomic E-state index is 12.1. The van der Waals surface area contributed by atoms with Gasteiger partial charge in [-0.3, -0.25) is 9.59 Å². The van der Waals surface area contributed by atoms with Gasteiger partial charge in [0.15, 0.2) is 0 Å². The van der Waals surface area contributed by atoms with Gasteiger partial charge < -0.3 is 4.74 Å². The van der Waals surface area contributed by atoms with E-state index >= 15 is 0 Å². The Morgan fingerprint density at radius 2 is 1.54 bits per heavy atom. The van der Waals surface area contributed by atoms with Crippen molar-refractivity contribution < 1.29 is 14.3 Å². The van der Waals surface area contributed by atoms with Crippen molar-refractivity contribution in [3.05, 3.63) is 12.2 Å².